The molecule has 0 fully saturated rings. The number of nitrogens with two attached hydrogens (primary N) is 1. The monoisotopic (exact) mass is 415 g/mol. The van der Waals surface area contributed by atoms with Crippen LogP contribution in [0, 0.1) is 5.41 Å². The van der Waals surface area contributed by atoms with Crippen LogP contribution in [0.15, 0.2) is 78.9 Å². The van der Waals surface area contributed by atoms with Crippen LogP contribution in [-0.2, 0) is 22.4 Å². The Bertz CT molecular complexity index is 1020. The number of hydrogen-bond acceptors (Lipinski definition) is 3. The molecule has 3 rings (SSSR count). The summed E-state index contributed by atoms with van der Waals surface area (Å²) in [5.41, 5.74) is 10.8. The van der Waals surface area contributed by atoms with E-state index in [1.54, 1.807) is 0 Å². The number of aryl methyl sites for hydroxylation is 2. The van der Waals surface area contributed by atoms with Gasteiger partial charge in [-0.2, -0.15) is 0 Å². The maximum Gasteiger partial charge on any atom is 0.306 e. The van der Waals surface area contributed by atoms with Crippen molar-refractivity contribution in [1.82, 2.24) is 0 Å². The largest absolute Gasteiger partial charge is 0.466 e. The van der Waals surface area contributed by atoms with Crippen molar-refractivity contribution in [3.8, 4) is 0 Å². The molecule has 0 aromatic heterocycles. The van der Waals surface area contributed by atoms with Crippen molar-refractivity contribution in [1.29, 1.82) is 5.41 Å². The van der Waals surface area contributed by atoms with E-state index in [0.717, 1.165) is 29.7 Å². The average Bonchev–Trinajstić information content (AvgIpc) is 2.77. The van der Waals surface area contributed by atoms with Crippen molar-refractivity contribution in [2.24, 2.45) is 5.73 Å². The highest BCUT2D eigenvalue weighted by molar-refractivity contribution is 5.89. The lowest BCUT2D eigenvalue weighted by Crippen LogP contribution is -2.20. The zero-order valence-corrected chi connectivity index (χ0v) is 17.8. The van der Waals surface area contributed by atoms with E-state index < -0.39 is 0 Å². The summed E-state index contributed by atoms with van der Waals surface area (Å²) in [5, 5.41) is 10.2. The number of anilines is 1. The smallest absolute Gasteiger partial charge is 0.306 e. The van der Waals surface area contributed by atoms with Gasteiger partial charge < -0.3 is 15.8 Å². The predicted molar refractivity (Wildman–Crippen MR) is 125 cm³/mol. The fourth-order valence-electron chi connectivity index (χ4n) is 3.71. The zero-order valence-electron chi connectivity index (χ0n) is 17.8. The summed E-state index contributed by atoms with van der Waals surface area (Å²) in [4.78, 5) is 12.3. The van der Waals surface area contributed by atoms with Gasteiger partial charge in [-0.05, 0) is 54.2 Å². The van der Waals surface area contributed by atoms with Crippen LogP contribution in [0.5, 0.6) is 0 Å². The quantitative estimate of drug-likeness (QED) is 0.264. The molecule has 0 spiro atoms. The minimum Gasteiger partial charge on any atom is -0.466 e. The molecule has 0 aliphatic heterocycles. The van der Waals surface area contributed by atoms with Crippen LogP contribution in [-0.4, -0.2) is 18.5 Å². The van der Waals surface area contributed by atoms with Gasteiger partial charge in [-0.15, -0.1) is 0 Å². The van der Waals surface area contributed by atoms with Gasteiger partial charge in [0.1, 0.15) is 0 Å². The van der Waals surface area contributed by atoms with Crippen molar-refractivity contribution in [3.05, 3.63) is 101 Å². The molecule has 0 aliphatic rings. The third-order valence-electron chi connectivity index (χ3n) is 5.14. The lowest BCUT2D eigenvalue weighted by Gasteiger charge is -2.18. The summed E-state index contributed by atoms with van der Waals surface area (Å²) in [7, 11) is 0. The third kappa shape index (κ3) is 6.71. The Morgan fingerprint density at radius 3 is 2.26 bits per heavy atom. The van der Waals surface area contributed by atoms with Gasteiger partial charge in [0.25, 0.3) is 0 Å². The SMILES string of the molecule is CCOC(=O)CC(c1ccccc1)c1cccc(CCc2cccc(NC(=N)N)c2)c1. The number of nitrogens with one attached hydrogen (secondary N) is 2. The van der Waals surface area contributed by atoms with Gasteiger partial charge in [-0.3, -0.25) is 10.2 Å². The van der Waals surface area contributed by atoms with Crippen LogP contribution in [0.2, 0.25) is 0 Å². The van der Waals surface area contributed by atoms with Crippen molar-refractivity contribution in [3.63, 3.8) is 0 Å². The van der Waals surface area contributed by atoms with E-state index in [9.17, 15) is 4.79 Å². The first kappa shape index (κ1) is 22.1. The Labute approximate surface area is 183 Å². The highest BCUT2D eigenvalue weighted by Crippen LogP contribution is 2.29. The van der Waals surface area contributed by atoms with Gasteiger partial charge >= 0.3 is 5.97 Å². The number of carbonyl (C=O) groups excluding carboxylic acids is 1. The number of esters is 1. The summed E-state index contributed by atoms with van der Waals surface area (Å²) in [6, 6.07) is 26.5. The molecular formula is C26H29N3O2. The topological polar surface area (TPSA) is 88.2 Å². The molecule has 1 atom stereocenters. The van der Waals surface area contributed by atoms with E-state index >= 15 is 0 Å². The summed E-state index contributed by atoms with van der Waals surface area (Å²) in [5.74, 6) is -0.293. The molecule has 0 bridgehead atoms. The molecule has 0 aliphatic carbocycles. The molecule has 0 radical (unpaired) electrons. The van der Waals surface area contributed by atoms with Crippen LogP contribution in [0.3, 0.4) is 0 Å². The van der Waals surface area contributed by atoms with E-state index in [0.29, 0.717) is 13.0 Å². The van der Waals surface area contributed by atoms with Gasteiger partial charge in [0.2, 0.25) is 0 Å². The molecule has 4 N–H and O–H groups in total. The molecule has 1 unspecified atom stereocenters. The molecule has 5 heteroatoms. The third-order valence-corrected chi connectivity index (χ3v) is 5.14. The first-order valence-electron chi connectivity index (χ1n) is 10.5. The average molecular weight is 416 g/mol. The number of ether oxygens (including phenoxy) is 1. The second-order valence-electron chi connectivity index (χ2n) is 7.46. The van der Waals surface area contributed by atoms with Crippen LogP contribution in [0.4, 0.5) is 5.69 Å². The fourth-order valence-corrected chi connectivity index (χ4v) is 3.71. The van der Waals surface area contributed by atoms with Gasteiger partial charge in [0.15, 0.2) is 5.96 Å². The molecule has 0 saturated heterocycles. The van der Waals surface area contributed by atoms with Crippen LogP contribution in [0.1, 0.15) is 41.5 Å². The predicted octanol–water partition coefficient (Wildman–Crippen LogP) is 4.86. The van der Waals surface area contributed by atoms with Gasteiger partial charge in [0, 0.05) is 11.6 Å². The highest BCUT2D eigenvalue weighted by atomic mass is 16.5. The summed E-state index contributed by atoms with van der Waals surface area (Å²) < 4.78 is 5.22. The first-order chi connectivity index (χ1) is 15.0. The lowest BCUT2D eigenvalue weighted by atomic mass is 9.87. The first-order valence-corrected chi connectivity index (χ1v) is 10.5. The standard InChI is InChI=1S/C26H29N3O2/c1-2-31-25(30)18-24(21-10-4-3-5-11-21)22-12-6-8-19(16-22)14-15-20-9-7-13-23(17-20)29-26(27)28/h3-13,16-17,24H,2,14-15,18H2,1H3,(H4,27,28,29). The Kier molecular flexibility index (Phi) is 7.82. The Balaban J connectivity index is 1.77. The maximum absolute atomic E-state index is 12.3. The van der Waals surface area contributed by atoms with E-state index in [-0.39, 0.29) is 17.8 Å². The summed E-state index contributed by atoms with van der Waals surface area (Å²) in [6.45, 7) is 2.22. The summed E-state index contributed by atoms with van der Waals surface area (Å²) in [6.07, 6.45) is 2.06. The fraction of sp³-hybridized carbons (Fsp3) is 0.231. The molecule has 160 valence electrons. The lowest BCUT2D eigenvalue weighted by molar-refractivity contribution is -0.143. The summed E-state index contributed by atoms with van der Waals surface area (Å²) >= 11 is 0. The normalized spacial score (nSPS) is 11.5. The van der Waals surface area contributed by atoms with Crippen molar-refractivity contribution >= 4 is 17.6 Å². The Morgan fingerprint density at radius 2 is 1.58 bits per heavy atom. The molecule has 31 heavy (non-hydrogen) atoms. The maximum atomic E-state index is 12.3. The van der Waals surface area contributed by atoms with E-state index in [4.69, 9.17) is 15.9 Å². The van der Waals surface area contributed by atoms with E-state index in [1.165, 1.54) is 11.1 Å². The molecule has 0 saturated carbocycles. The van der Waals surface area contributed by atoms with Crippen LogP contribution >= 0.6 is 0 Å². The van der Waals surface area contributed by atoms with E-state index in [1.807, 2.05) is 43.3 Å². The molecule has 3 aromatic rings. The Hall–Kier alpha value is -3.60. The molecule has 0 amide bonds. The van der Waals surface area contributed by atoms with E-state index in [2.05, 4.69) is 47.8 Å². The minimum absolute atomic E-state index is 0.0386. The number of hydrogen-bond donors (Lipinski definition) is 3. The van der Waals surface area contributed by atoms with Crippen molar-refractivity contribution in [2.45, 2.75) is 32.1 Å². The van der Waals surface area contributed by atoms with Crippen molar-refractivity contribution < 1.29 is 9.53 Å². The number of benzene rings is 3. The molecule has 0 heterocycles. The zero-order chi connectivity index (χ0) is 22.1. The van der Waals surface area contributed by atoms with Crippen LogP contribution < -0.4 is 11.1 Å². The molecule has 5 nitrogen and oxygen atoms in total. The second kappa shape index (κ2) is 11.0. The molecule has 3 aromatic carbocycles. The highest BCUT2D eigenvalue weighted by Gasteiger charge is 2.19. The van der Waals surface area contributed by atoms with Crippen LogP contribution in [0.25, 0.3) is 0 Å². The minimum atomic E-state index is -0.184. The number of carbonyl (C=O) groups is 1. The second-order valence-corrected chi connectivity index (χ2v) is 7.46. The Morgan fingerprint density at radius 1 is 0.935 bits per heavy atom. The number of rotatable bonds is 9. The van der Waals surface area contributed by atoms with Gasteiger partial charge in [0.05, 0.1) is 13.0 Å². The van der Waals surface area contributed by atoms with Gasteiger partial charge in [-0.1, -0.05) is 66.7 Å². The van der Waals surface area contributed by atoms with Gasteiger partial charge in [-0.25, -0.2) is 0 Å². The van der Waals surface area contributed by atoms with Crippen molar-refractivity contribution in [2.75, 3.05) is 11.9 Å². The molecular weight excluding hydrogens is 386 g/mol. The number of guanidine groups is 1.